The average Bonchev–Trinajstić information content (AvgIpc) is 2.77. The van der Waals surface area contributed by atoms with Crippen LogP contribution in [-0.2, 0) is 17.8 Å². The summed E-state index contributed by atoms with van der Waals surface area (Å²) in [4.78, 5) is 0. The molecule has 0 fully saturated rings. The van der Waals surface area contributed by atoms with Crippen molar-refractivity contribution >= 4 is 5.82 Å². The Labute approximate surface area is 105 Å². The second kappa shape index (κ2) is 4.34. The Morgan fingerprint density at radius 2 is 2.33 bits per heavy atom. The highest BCUT2D eigenvalue weighted by Gasteiger charge is 2.20. The number of methoxy groups -OCH3 is 1. The number of anilines is 1. The van der Waals surface area contributed by atoms with Crippen LogP contribution in [0.1, 0.15) is 11.3 Å². The lowest BCUT2D eigenvalue weighted by atomic mass is 10.1. The van der Waals surface area contributed by atoms with E-state index in [0.717, 1.165) is 29.1 Å². The van der Waals surface area contributed by atoms with Crippen LogP contribution in [0.4, 0.5) is 5.82 Å². The second-order valence-corrected chi connectivity index (χ2v) is 4.23. The van der Waals surface area contributed by atoms with Gasteiger partial charge < -0.3 is 15.2 Å². The number of nitrogens with zero attached hydrogens (tertiary/aromatic N) is 2. The fourth-order valence-corrected chi connectivity index (χ4v) is 2.22. The molecule has 2 heterocycles. The molecule has 94 valence electrons. The van der Waals surface area contributed by atoms with Gasteiger partial charge in [-0.05, 0) is 12.1 Å². The Hall–Kier alpha value is -2.01. The smallest absolute Gasteiger partial charge is 0.151 e. The molecule has 1 aromatic carbocycles. The monoisotopic (exact) mass is 245 g/mol. The van der Waals surface area contributed by atoms with E-state index in [0.29, 0.717) is 19.0 Å². The van der Waals surface area contributed by atoms with E-state index in [1.807, 2.05) is 28.9 Å². The molecule has 5 heteroatoms. The Morgan fingerprint density at radius 3 is 3.17 bits per heavy atom. The van der Waals surface area contributed by atoms with Crippen molar-refractivity contribution in [3.05, 3.63) is 35.5 Å². The van der Waals surface area contributed by atoms with Gasteiger partial charge in [0.2, 0.25) is 0 Å². The molecular formula is C13H15N3O2. The van der Waals surface area contributed by atoms with E-state index < -0.39 is 0 Å². The SMILES string of the molecule is COc1cccc(-n2nc(N)c3c2CCOC3)c1. The maximum Gasteiger partial charge on any atom is 0.151 e. The molecule has 0 unspecified atom stereocenters. The number of fused-ring (bicyclic) bond motifs is 1. The number of benzene rings is 1. The highest BCUT2D eigenvalue weighted by Crippen LogP contribution is 2.26. The number of rotatable bonds is 2. The van der Waals surface area contributed by atoms with E-state index in [-0.39, 0.29) is 0 Å². The predicted molar refractivity (Wildman–Crippen MR) is 67.9 cm³/mol. The summed E-state index contributed by atoms with van der Waals surface area (Å²) in [6.45, 7) is 1.26. The zero-order chi connectivity index (χ0) is 12.5. The molecule has 18 heavy (non-hydrogen) atoms. The normalized spacial score (nSPS) is 14.3. The first kappa shape index (κ1) is 11.1. The van der Waals surface area contributed by atoms with E-state index in [9.17, 15) is 0 Å². The van der Waals surface area contributed by atoms with Crippen molar-refractivity contribution in [2.75, 3.05) is 19.5 Å². The number of nitrogens with two attached hydrogens (primary N) is 1. The molecule has 0 saturated carbocycles. The van der Waals surface area contributed by atoms with Gasteiger partial charge in [-0.1, -0.05) is 6.07 Å². The molecule has 5 nitrogen and oxygen atoms in total. The van der Waals surface area contributed by atoms with Crippen LogP contribution < -0.4 is 10.5 Å². The van der Waals surface area contributed by atoms with Crippen LogP contribution in [0.2, 0.25) is 0 Å². The molecule has 1 aromatic heterocycles. The van der Waals surface area contributed by atoms with Crippen molar-refractivity contribution in [2.45, 2.75) is 13.0 Å². The third kappa shape index (κ3) is 1.73. The first-order chi connectivity index (χ1) is 8.79. The maximum absolute atomic E-state index is 5.93. The largest absolute Gasteiger partial charge is 0.497 e. The van der Waals surface area contributed by atoms with Crippen LogP contribution in [0.5, 0.6) is 5.75 Å². The number of nitrogen functional groups attached to an aromatic ring is 1. The molecule has 0 amide bonds. The summed E-state index contributed by atoms with van der Waals surface area (Å²) in [6.07, 6.45) is 0.830. The van der Waals surface area contributed by atoms with Crippen molar-refractivity contribution in [3.8, 4) is 11.4 Å². The van der Waals surface area contributed by atoms with Crippen LogP contribution in [0.3, 0.4) is 0 Å². The predicted octanol–water partition coefficient (Wildman–Crippen LogP) is 1.54. The molecule has 1 aliphatic rings. The highest BCUT2D eigenvalue weighted by molar-refractivity contribution is 5.49. The molecule has 0 radical (unpaired) electrons. The van der Waals surface area contributed by atoms with Crippen LogP contribution in [0.25, 0.3) is 5.69 Å². The van der Waals surface area contributed by atoms with Gasteiger partial charge in [0.15, 0.2) is 5.82 Å². The van der Waals surface area contributed by atoms with E-state index in [1.54, 1.807) is 7.11 Å². The van der Waals surface area contributed by atoms with Crippen molar-refractivity contribution in [2.24, 2.45) is 0 Å². The van der Waals surface area contributed by atoms with Crippen molar-refractivity contribution in [3.63, 3.8) is 0 Å². The maximum atomic E-state index is 5.93. The van der Waals surface area contributed by atoms with E-state index >= 15 is 0 Å². The van der Waals surface area contributed by atoms with Gasteiger partial charge in [0, 0.05) is 18.1 Å². The van der Waals surface area contributed by atoms with Gasteiger partial charge in [0.25, 0.3) is 0 Å². The molecule has 0 bridgehead atoms. The number of hydrogen-bond donors (Lipinski definition) is 1. The van der Waals surface area contributed by atoms with Gasteiger partial charge in [-0.2, -0.15) is 5.10 Å². The Balaban J connectivity index is 2.11. The third-order valence-electron chi connectivity index (χ3n) is 3.15. The fraction of sp³-hybridized carbons (Fsp3) is 0.308. The second-order valence-electron chi connectivity index (χ2n) is 4.23. The molecule has 0 saturated heterocycles. The summed E-state index contributed by atoms with van der Waals surface area (Å²) in [6, 6.07) is 7.79. The lowest BCUT2D eigenvalue weighted by Gasteiger charge is -2.14. The molecule has 3 rings (SSSR count). The number of aromatic nitrogens is 2. The van der Waals surface area contributed by atoms with Gasteiger partial charge in [-0.15, -0.1) is 0 Å². The Bertz CT molecular complexity index is 578. The Kier molecular flexibility index (Phi) is 2.68. The summed E-state index contributed by atoms with van der Waals surface area (Å²) in [5.41, 5.74) is 9.02. The quantitative estimate of drug-likeness (QED) is 0.871. The lowest BCUT2D eigenvalue weighted by molar-refractivity contribution is 0.110. The topological polar surface area (TPSA) is 62.3 Å². The van der Waals surface area contributed by atoms with Gasteiger partial charge >= 0.3 is 0 Å². The first-order valence-corrected chi connectivity index (χ1v) is 5.88. The van der Waals surface area contributed by atoms with Crippen LogP contribution in [0.15, 0.2) is 24.3 Å². The summed E-state index contributed by atoms with van der Waals surface area (Å²) in [5.74, 6) is 1.36. The van der Waals surface area contributed by atoms with Crippen LogP contribution in [0, 0.1) is 0 Å². The average molecular weight is 245 g/mol. The number of hydrogen-bond acceptors (Lipinski definition) is 4. The molecule has 0 aliphatic carbocycles. The lowest BCUT2D eigenvalue weighted by Crippen LogP contribution is -2.13. The minimum atomic E-state index is 0.547. The third-order valence-corrected chi connectivity index (χ3v) is 3.15. The summed E-state index contributed by atoms with van der Waals surface area (Å²) < 4.78 is 12.5. The Morgan fingerprint density at radius 1 is 1.44 bits per heavy atom. The van der Waals surface area contributed by atoms with E-state index in [1.165, 1.54) is 0 Å². The molecule has 1 aliphatic heterocycles. The van der Waals surface area contributed by atoms with Gasteiger partial charge in [0.05, 0.1) is 31.7 Å². The van der Waals surface area contributed by atoms with Crippen molar-refractivity contribution in [1.82, 2.24) is 9.78 Å². The van der Waals surface area contributed by atoms with Gasteiger partial charge in [-0.3, -0.25) is 0 Å². The zero-order valence-corrected chi connectivity index (χ0v) is 10.2. The minimum absolute atomic E-state index is 0.547. The van der Waals surface area contributed by atoms with Crippen molar-refractivity contribution < 1.29 is 9.47 Å². The minimum Gasteiger partial charge on any atom is -0.497 e. The van der Waals surface area contributed by atoms with E-state index in [4.69, 9.17) is 15.2 Å². The van der Waals surface area contributed by atoms with Crippen LogP contribution in [-0.4, -0.2) is 23.5 Å². The molecular weight excluding hydrogens is 230 g/mol. The summed E-state index contributed by atoms with van der Waals surface area (Å²) >= 11 is 0. The highest BCUT2D eigenvalue weighted by atomic mass is 16.5. The number of ether oxygens (including phenoxy) is 2. The standard InChI is InChI=1S/C13H15N3O2/c1-17-10-4-2-3-9(7-10)16-12-5-6-18-8-11(12)13(14)15-16/h2-4,7H,5-6,8H2,1H3,(H2,14,15). The van der Waals surface area contributed by atoms with Crippen LogP contribution >= 0.6 is 0 Å². The first-order valence-electron chi connectivity index (χ1n) is 5.88. The van der Waals surface area contributed by atoms with Gasteiger partial charge in [0.1, 0.15) is 5.75 Å². The summed E-state index contributed by atoms with van der Waals surface area (Å²) in [5, 5.41) is 4.40. The van der Waals surface area contributed by atoms with Gasteiger partial charge in [-0.25, -0.2) is 4.68 Å². The van der Waals surface area contributed by atoms with Crippen molar-refractivity contribution in [1.29, 1.82) is 0 Å². The summed E-state index contributed by atoms with van der Waals surface area (Å²) in [7, 11) is 1.65. The fourth-order valence-electron chi connectivity index (χ4n) is 2.22. The van der Waals surface area contributed by atoms with E-state index in [2.05, 4.69) is 5.10 Å². The molecule has 0 spiro atoms. The molecule has 0 atom stereocenters. The molecule has 2 N–H and O–H groups in total. The molecule has 2 aromatic rings. The zero-order valence-electron chi connectivity index (χ0n) is 10.2.